The number of carbonyl (C=O) groups excluding carboxylic acids is 2. The molecule has 0 saturated carbocycles. The van der Waals surface area contributed by atoms with E-state index in [4.69, 9.17) is 15.2 Å². The average Bonchev–Trinajstić information content (AvgIpc) is 2.78. The molecule has 2 aromatic carbocycles. The van der Waals surface area contributed by atoms with Crippen LogP contribution in [0.25, 0.3) is 10.9 Å². The van der Waals surface area contributed by atoms with E-state index in [0.717, 1.165) is 9.13 Å². The van der Waals surface area contributed by atoms with E-state index >= 15 is 0 Å². The van der Waals surface area contributed by atoms with Crippen LogP contribution in [0.3, 0.4) is 0 Å². The van der Waals surface area contributed by atoms with Gasteiger partial charge in [0.25, 0.3) is 11.5 Å². The Kier molecular flexibility index (Phi) is 6.10. The van der Waals surface area contributed by atoms with E-state index in [1.807, 2.05) is 0 Å². The number of hydrogen-bond donors (Lipinski definition) is 2. The van der Waals surface area contributed by atoms with Crippen LogP contribution < -0.4 is 31.8 Å². The number of benzene rings is 2. The minimum atomic E-state index is -0.738. The van der Waals surface area contributed by atoms with Crippen molar-refractivity contribution >= 4 is 22.7 Å². The average molecular weight is 426 g/mol. The second-order valence-corrected chi connectivity index (χ2v) is 6.73. The summed E-state index contributed by atoms with van der Waals surface area (Å²) in [4.78, 5) is 49.6. The standard InChI is InChI=1S/C21H22N4O6/c1-23-19(27)13-6-4-12(5-7-13)10-25-20(28)14-8-16(30-2)17(31-3)9-15(14)24(21(25)29)11-18(22)26/h4-9H,10-11H2,1-3H3,(H2,22,26)(H,23,27). The third kappa shape index (κ3) is 4.13. The molecule has 162 valence electrons. The van der Waals surface area contributed by atoms with Gasteiger partial charge in [-0.15, -0.1) is 0 Å². The van der Waals surface area contributed by atoms with Crippen LogP contribution in [-0.2, 0) is 17.9 Å². The number of nitrogens with two attached hydrogens (primary N) is 1. The number of amides is 2. The van der Waals surface area contributed by atoms with Crippen LogP contribution in [0.1, 0.15) is 15.9 Å². The zero-order chi connectivity index (χ0) is 22.7. The fraction of sp³-hybridized carbons (Fsp3) is 0.238. The highest BCUT2D eigenvalue weighted by Gasteiger charge is 2.18. The second-order valence-electron chi connectivity index (χ2n) is 6.73. The number of methoxy groups -OCH3 is 2. The molecule has 0 spiro atoms. The van der Waals surface area contributed by atoms with Crippen molar-refractivity contribution in [2.24, 2.45) is 5.73 Å². The molecule has 0 aliphatic heterocycles. The fourth-order valence-electron chi connectivity index (χ4n) is 3.28. The van der Waals surface area contributed by atoms with Crippen LogP contribution in [0.5, 0.6) is 11.5 Å². The van der Waals surface area contributed by atoms with E-state index in [1.54, 1.807) is 24.3 Å². The van der Waals surface area contributed by atoms with Gasteiger partial charge in [-0.25, -0.2) is 4.79 Å². The summed E-state index contributed by atoms with van der Waals surface area (Å²) in [6.07, 6.45) is 0. The Balaban J connectivity index is 2.21. The summed E-state index contributed by atoms with van der Waals surface area (Å²) >= 11 is 0. The lowest BCUT2D eigenvalue weighted by molar-refractivity contribution is -0.118. The molecule has 1 heterocycles. The van der Waals surface area contributed by atoms with E-state index in [1.165, 1.54) is 33.4 Å². The first-order valence-electron chi connectivity index (χ1n) is 9.29. The van der Waals surface area contributed by atoms with Crippen LogP contribution in [0, 0.1) is 0 Å². The maximum absolute atomic E-state index is 13.2. The molecular weight excluding hydrogens is 404 g/mol. The first-order chi connectivity index (χ1) is 14.8. The van der Waals surface area contributed by atoms with E-state index in [-0.39, 0.29) is 23.4 Å². The molecule has 0 bridgehead atoms. The van der Waals surface area contributed by atoms with Crippen molar-refractivity contribution < 1.29 is 19.1 Å². The number of aromatic nitrogens is 2. The molecular formula is C21H22N4O6. The van der Waals surface area contributed by atoms with Gasteiger partial charge >= 0.3 is 5.69 Å². The SMILES string of the molecule is CNC(=O)c1ccc(Cn2c(=O)c3cc(OC)c(OC)cc3n(CC(N)=O)c2=O)cc1. The largest absolute Gasteiger partial charge is 0.493 e. The van der Waals surface area contributed by atoms with Crippen LogP contribution in [0.15, 0.2) is 46.0 Å². The Morgan fingerprint density at radius 2 is 1.61 bits per heavy atom. The third-order valence-electron chi connectivity index (χ3n) is 4.83. The van der Waals surface area contributed by atoms with Crippen LogP contribution in [0.2, 0.25) is 0 Å². The number of fused-ring (bicyclic) bond motifs is 1. The van der Waals surface area contributed by atoms with Gasteiger partial charge in [-0.3, -0.25) is 23.5 Å². The topological polar surface area (TPSA) is 135 Å². The van der Waals surface area contributed by atoms with Crippen LogP contribution in [-0.4, -0.2) is 42.2 Å². The van der Waals surface area contributed by atoms with Gasteiger partial charge in [0, 0.05) is 18.7 Å². The molecule has 1 aromatic heterocycles. The van der Waals surface area contributed by atoms with Crippen molar-refractivity contribution in [1.29, 1.82) is 0 Å². The predicted octanol–water partition coefficient (Wildman–Crippen LogP) is 0.0736. The Hall–Kier alpha value is -4.08. The third-order valence-corrected chi connectivity index (χ3v) is 4.83. The zero-order valence-electron chi connectivity index (χ0n) is 17.3. The van der Waals surface area contributed by atoms with Crippen molar-refractivity contribution in [2.45, 2.75) is 13.1 Å². The van der Waals surface area contributed by atoms with Gasteiger partial charge in [0.2, 0.25) is 5.91 Å². The Morgan fingerprint density at radius 1 is 1.00 bits per heavy atom. The molecule has 10 nitrogen and oxygen atoms in total. The molecule has 0 radical (unpaired) electrons. The highest BCUT2D eigenvalue weighted by Crippen LogP contribution is 2.30. The fourth-order valence-corrected chi connectivity index (χ4v) is 3.28. The number of primary amides is 1. The summed E-state index contributed by atoms with van der Waals surface area (Å²) in [5.41, 5.74) is 5.35. The molecule has 0 fully saturated rings. The summed E-state index contributed by atoms with van der Waals surface area (Å²) in [6.45, 7) is -0.477. The van der Waals surface area contributed by atoms with Gasteiger partial charge in [0.1, 0.15) is 6.54 Å². The van der Waals surface area contributed by atoms with Gasteiger partial charge in [0.05, 0.1) is 31.7 Å². The molecule has 2 amide bonds. The smallest absolute Gasteiger partial charge is 0.332 e. The molecule has 0 atom stereocenters. The van der Waals surface area contributed by atoms with Crippen molar-refractivity contribution in [3.05, 3.63) is 68.4 Å². The normalized spacial score (nSPS) is 10.7. The summed E-state index contributed by atoms with van der Waals surface area (Å²) in [5, 5.41) is 2.69. The highest BCUT2D eigenvalue weighted by molar-refractivity contribution is 5.94. The predicted molar refractivity (Wildman–Crippen MR) is 114 cm³/mol. The molecule has 31 heavy (non-hydrogen) atoms. The Labute approximate surface area is 176 Å². The van der Waals surface area contributed by atoms with Gasteiger partial charge < -0.3 is 20.5 Å². The van der Waals surface area contributed by atoms with Crippen molar-refractivity contribution in [1.82, 2.24) is 14.5 Å². The molecule has 3 N–H and O–H groups in total. The number of rotatable bonds is 7. The van der Waals surface area contributed by atoms with Crippen molar-refractivity contribution in [3.8, 4) is 11.5 Å². The van der Waals surface area contributed by atoms with Crippen LogP contribution in [0.4, 0.5) is 0 Å². The number of ether oxygens (including phenoxy) is 2. The summed E-state index contributed by atoms with van der Waals surface area (Å²) in [7, 11) is 4.37. The maximum atomic E-state index is 13.2. The molecule has 3 aromatic rings. The zero-order valence-corrected chi connectivity index (χ0v) is 17.3. The van der Waals surface area contributed by atoms with Gasteiger partial charge in [0.15, 0.2) is 11.5 Å². The van der Waals surface area contributed by atoms with E-state index < -0.39 is 23.7 Å². The second kappa shape index (κ2) is 8.74. The first kappa shape index (κ1) is 21.6. The summed E-state index contributed by atoms with van der Waals surface area (Å²) < 4.78 is 12.6. The minimum Gasteiger partial charge on any atom is -0.493 e. The molecule has 10 heteroatoms. The summed E-state index contributed by atoms with van der Waals surface area (Å²) in [5.74, 6) is -0.384. The van der Waals surface area contributed by atoms with Gasteiger partial charge in [-0.1, -0.05) is 12.1 Å². The summed E-state index contributed by atoms with van der Waals surface area (Å²) in [6, 6.07) is 9.40. The minimum absolute atomic E-state index is 0.0608. The number of nitrogens with one attached hydrogen (secondary N) is 1. The van der Waals surface area contributed by atoms with E-state index in [2.05, 4.69) is 5.32 Å². The van der Waals surface area contributed by atoms with Gasteiger partial charge in [-0.2, -0.15) is 0 Å². The number of nitrogens with zero attached hydrogens (tertiary/aromatic N) is 2. The van der Waals surface area contributed by atoms with Crippen LogP contribution >= 0.6 is 0 Å². The lowest BCUT2D eigenvalue weighted by Gasteiger charge is -2.15. The quantitative estimate of drug-likeness (QED) is 0.549. The Bertz CT molecular complexity index is 1270. The lowest BCUT2D eigenvalue weighted by Crippen LogP contribution is -2.42. The van der Waals surface area contributed by atoms with E-state index in [9.17, 15) is 19.2 Å². The molecule has 0 aliphatic carbocycles. The van der Waals surface area contributed by atoms with Crippen molar-refractivity contribution in [2.75, 3.05) is 21.3 Å². The Morgan fingerprint density at radius 3 is 2.16 bits per heavy atom. The lowest BCUT2D eigenvalue weighted by atomic mass is 10.1. The molecule has 0 saturated heterocycles. The van der Waals surface area contributed by atoms with Crippen molar-refractivity contribution in [3.63, 3.8) is 0 Å². The molecule has 0 unspecified atom stereocenters. The highest BCUT2D eigenvalue weighted by atomic mass is 16.5. The number of carbonyl (C=O) groups is 2. The first-order valence-corrected chi connectivity index (χ1v) is 9.29. The number of hydrogen-bond acceptors (Lipinski definition) is 6. The van der Waals surface area contributed by atoms with E-state index in [0.29, 0.717) is 22.6 Å². The van der Waals surface area contributed by atoms with Gasteiger partial charge in [-0.05, 0) is 23.8 Å². The monoisotopic (exact) mass is 426 g/mol. The molecule has 0 aliphatic rings. The molecule has 3 rings (SSSR count). The maximum Gasteiger partial charge on any atom is 0.332 e.